The van der Waals surface area contributed by atoms with E-state index in [4.69, 9.17) is 10.5 Å². The maximum Gasteiger partial charge on any atom is 0.241 e. The Morgan fingerprint density at radius 2 is 2.38 bits per heavy atom. The summed E-state index contributed by atoms with van der Waals surface area (Å²) in [5, 5.41) is 7.07. The van der Waals surface area contributed by atoms with E-state index in [0.29, 0.717) is 6.54 Å². The predicted octanol–water partition coefficient (Wildman–Crippen LogP) is 0.569. The van der Waals surface area contributed by atoms with Gasteiger partial charge in [-0.1, -0.05) is 13.8 Å². The fourth-order valence-corrected chi connectivity index (χ4v) is 3.93. The van der Waals surface area contributed by atoms with E-state index in [0.717, 1.165) is 25.0 Å². The Labute approximate surface area is 125 Å². The van der Waals surface area contributed by atoms with Crippen LogP contribution < -0.4 is 11.1 Å². The zero-order valence-electron chi connectivity index (χ0n) is 12.9. The second kappa shape index (κ2) is 4.81. The number of nitrogens with two attached hydrogens (primary N) is 1. The molecule has 1 saturated heterocycles. The first-order chi connectivity index (χ1) is 9.87. The number of ether oxygens (including phenoxy) is 1. The summed E-state index contributed by atoms with van der Waals surface area (Å²) in [6.45, 7) is 5.30. The van der Waals surface area contributed by atoms with E-state index < -0.39 is 5.54 Å². The lowest BCUT2D eigenvalue weighted by Crippen LogP contribution is -2.82. The molecule has 1 aliphatic heterocycles. The predicted molar refractivity (Wildman–Crippen MR) is 78.2 cm³/mol. The van der Waals surface area contributed by atoms with E-state index >= 15 is 0 Å². The molecular weight excluding hydrogens is 268 g/mol. The van der Waals surface area contributed by atoms with Gasteiger partial charge in [0, 0.05) is 43.3 Å². The second-order valence-corrected chi connectivity index (χ2v) is 6.84. The van der Waals surface area contributed by atoms with Gasteiger partial charge in [-0.15, -0.1) is 0 Å². The van der Waals surface area contributed by atoms with E-state index in [2.05, 4.69) is 10.4 Å². The number of aryl methyl sites for hydroxylation is 1. The van der Waals surface area contributed by atoms with Crippen molar-refractivity contribution in [2.75, 3.05) is 6.61 Å². The number of fused-ring (bicyclic) bond motifs is 1. The minimum Gasteiger partial charge on any atom is -0.377 e. The molecule has 2 aliphatic rings. The van der Waals surface area contributed by atoms with Crippen LogP contribution in [0.1, 0.15) is 32.3 Å². The van der Waals surface area contributed by atoms with Crippen molar-refractivity contribution in [3.05, 3.63) is 18.0 Å². The lowest BCUT2D eigenvalue weighted by molar-refractivity contribution is -0.225. The number of nitrogens with zero attached hydrogens (tertiary/aromatic N) is 2. The lowest BCUT2D eigenvalue weighted by atomic mass is 9.46. The molecule has 2 fully saturated rings. The summed E-state index contributed by atoms with van der Waals surface area (Å²) in [5.74, 6) is 0.0400. The van der Waals surface area contributed by atoms with Gasteiger partial charge in [-0.3, -0.25) is 9.48 Å². The lowest BCUT2D eigenvalue weighted by Gasteiger charge is -2.65. The third-order valence-corrected chi connectivity index (χ3v) is 5.27. The molecule has 0 aromatic carbocycles. The van der Waals surface area contributed by atoms with Gasteiger partial charge in [-0.2, -0.15) is 5.10 Å². The first-order valence-electron chi connectivity index (χ1n) is 7.53. The number of hydrogen-bond acceptors (Lipinski definition) is 4. The highest BCUT2D eigenvalue weighted by Gasteiger charge is 2.70. The van der Waals surface area contributed by atoms with E-state index in [9.17, 15) is 4.79 Å². The van der Waals surface area contributed by atoms with Crippen molar-refractivity contribution in [2.24, 2.45) is 24.1 Å². The summed E-state index contributed by atoms with van der Waals surface area (Å²) in [6.07, 6.45) is 5.68. The molecule has 1 saturated carbocycles. The number of amides is 1. The number of carbonyl (C=O) groups excluding carboxylic acids is 1. The number of hydrogen-bond donors (Lipinski definition) is 2. The molecule has 0 spiro atoms. The van der Waals surface area contributed by atoms with Crippen LogP contribution in [0.2, 0.25) is 0 Å². The molecule has 0 radical (unpaired) electrons. The van der Waals surface area contributed by atoms with Crippen molar-refractivity contribution in [1.29, 1.82) is 0 Å². The van der Waals surface area contributed by atoms with Crippen molar-refractivity contribution in [1.82, 2.24) is 15.1 Å². The van der Waals surface area contributed by atoms with Gasteiger partial charge in [0.1, 0.15) is 5.54 Å². The Hall–Kier alpha value is -1.40. The summed E-state index contributed by atoms with van der Waals surface area (Å²) in [6, 6.07) is 0. The first-order valence-corrected chi connectivity index (χ1v) is 7.53. The summed E-state index contributed by atoms with van der Waals surface area (Å²) in [7, 11) is 1.86. The zero-order valence-corrected chi connectivity index (χ0v) is 12.9. The quantitative estimate of drug-likeness (QED) is 0.853. The third kappa shape index (κ3) is 2.00. The van der Waals surface area contributed by atoms with E-state index in [1.807, 2.05) is 27.1 Å². The molecule has 1 aromatic heterocycles. The summed E-state index contributed by atoms with van der Waals surface area (Å²) < 4.78 is 7.55. The molecule has 1 aromatic rings. The molecule has 21 heavy (non-hydrogen) atoms. The first kappa shape index (κ1) is 14.5. The molecule has 6 nitrogen and oxygen atoms in total. The Morgan fingerprint density at radius 3 is 3.05 bits per heavy atom. The van der Waals surface area contributed by atoms with Crippen LogP contribution >= 0.6 is 0 Å². The van der Waals surface area contributed by atoms with Gasteiger partial charge in [0.25, 0.3) is 0 Å². The molecule has 6 heteroatoms. The van der Waals surface area contributed by atoms with Gasteiger partial charge in [0.2, 0.25) is 5.91 Å². The highest BCUT2D eigenvalue weighted by atomic mass is 16.5. The molecular formula is C15H24N4O2. The minimum absolute atomic E-state index is 0.0805. The van der Waals surface area contributed by atoms with Crippen LogP contribution in [-0.2, 0) is 23.1 Å². The second-order valence-electron chi connectivity index (χ2n) is 6.84. The van der Waals surface area contributed by atoms with Gasteiger partial charge < -0.3 is 15.8 Å². The molecule has 0 bridgehead atoms. The molecule has 3 atom stereocenters. The topological polar surface area (TPSA) is 82.2 Å². The summed E-state index contributed by atoms with van der Waals surface area (Å²) >= 11 is 0. The summed E-state index contributed by atoms with van der Waals surface area (Å²) in [4.78, 5) is 12.7. The van der Waals surface area contributed by atoms with Crippen molar-refractivity contribution in [3.63, 3.8) is 0 Å². The number of nitrogens with one attached hydrogen (secondary N) is 1. The normalized spacial score (nSPS) is 33.9. The van der Waals surface area contributed by atoms with Gasteiger partial charge in [-0.05, 0) is 12.8 Å². The Kier molecular flexibility index (Phi) is 3.33. The van der Waals surface area contributed by atoms with Crippen LogP contribution in [0.15, 0.2) is 12.4 Å². The van der Waals surface area contributed by atoms with Crippen LogP contribution in [0.4, 0.5) is 0 Å². The Balaban J connectivity index is 1.70. The maximum atomic E-state index is 12.7. The highest BCUT2D eigenvalue weighted by molar-refractivity contribution is 5.89. The van der Waals surface area contributed by atoms with Gasteiger partial charge >= 0.3 is 0 Å². The van der Waals surface area contributed by atoms with Crippen molar-refractivity contribution < 1.29 is 9.53 Å². The fraction of sp³-hybridized carbons (Fsp3) is 0.733. The highest BCUT2D eigenvalue weighted by Crippen LogP contribution is 2.57. The molecule has 1 aliphatic carbocycles. The molecule has 3 N–H and O–H groups in total. The third-order valence-electron chi connectivity index (χ3n) is 5.27. The van der Waals surface area contributed by atoms with Crippen LogP contribution in [-0.4, -0.2) is 33.9 Å². The standard InChI is InChI=1S/C15H24N4O2/c1-14(2)12-11(5-4-6-21-12)15(14,16)13(20)17-7-10-8-18-19(3)9-10/h8-9,11-12H,4-7,16H2,1-3H3,(H,17,20). The average molecular weight is 292 g/mol. The Bertz CT molecular complexity index is 554. The van der Waals surface area contributed by atoms with Crippen LogP contribution in [0, 0.1) is 11.3 Å². The van der Waals surface area contributed by atoms with Crippen molar-refractivity contribution in [2.45, 2.75) is 44.9 Å². The van der Waals surface area contributed by atoms with Gasteiger partial charge in [-0.25, -0.2) is 0 Å². The number of rotatable bonds is 3. The van der Waals surface area contributed by atoms with Gasteiger partial charge in [0.15, 0.2) is 0 Å². The fourth-order valence-electron chi connectivity index (χ4n) is 3.93. The van der Waals surface area contributed by atoms with Gasteiger partial charge in [0.05, 0.1) is 12.3 Å². The Morgan fingerprint density at radius 1 is 1.62 bits per heavy atom. The maximum absolute atomic E-state index is 12.7. The zero-order chi connectivity index (χ0) is 15.3. The number of carbonyl (C=O) groups is 1. The van der Waals surface area contributed by atoms with Crippen molar-refractivity contribution in [3.8, 4) is 0 Å². The smallest absolute Gasteiger partial charge is 0.241 e. The van der Waals surface area contributed by atoms with E-state index in [1.54, 1.807) is 10.9 Å². The monoisotopic (exact) mass is 292 g/mol. The minimum atomic E-state index is -0.847. The van der Waals surface area contributed by atoms with Crippen molar-refractivity contribution >= 4 is 5.91 Å². The SMILES string of the molecule is Cn1cc(CNC(=O)C2(N)C3CCCOC3C2(C)C)cn1. The van der Waals surface area contributed by atoms with Crippen LogP contribution in [0.5, 0.6) is 0 Å². The number of aromatic nitrogens is 2. The molecule has 3 rings (SSSR count). The molecule has 2 heterocycles. The van der Waals surface area contributed by atoms with Crippen LogP contribution in [0.3, 0.4) is 0 Å². The molecule has 116 valence electrons. The largest absolute Gasteiger partial charge is 0.377 e. The van der Waals surface area contributed by atoms with E-state index in [1.165, 1.54) is 0 Å². The average Bonchev–Trinajstić information content (AvgIpc) is 2.89. The van der Waals surface area contributed by atoms with Crippen LogP contribution in [0.25, 0.3) is 0 Å². The summed E-state index contributed by atoms with van der Waals surface area (Å²) in [5.41, 5.74) is 6.33. The molecule has 3 unspecified atom stereocenters. The molecule has 1 amide bonds. The van der Waals surface area contributed by atoms with E-state index in [-0.39, 0.29) is 23.3 Å².